The largest absolute Gasteiger partial charge is 0.493 e. The highest BCUT2D eigenvalue weighted by Gasteiger charge is 2.05. The van der Waals surface area contributed by atoms with Crippen LogP contribution in [0, 0.1) is 5.82 Å². The number of rotatable bonds is 7. The molecule has 0 saturated carbocycles. The molecular formula is C17H20FNO2. The van der Waals surface area contributed by atoms with Crippen molar-refractivity contribution in [1.82, 2.24) is 5.32 Å². The Morgan fingerprint density at radius 2 is 1.86 bits per heavy atom. The van der Waals surface area contributed by atoms with Crippen LogP contribution in [0.3, 0.4) is 0 Å². The molecule has 2 aromatic rings. The van der Waals surface area contributed by atoms with Crippen molar-refractivity contribution in [3.63, 3.8) is 0 Å². The highest BCUT2D eigenvalue weighted by Crippen LogP contribution is 2.28. The van der Waals surface area contributed by atoms with Gasteiger partial charge >= 0.3 is 0 Å². The Balaban J connectivity index is 1.97. The zero-order valence-electron chi connectivity index (χ0n) is 12.4. The van der Waals surface area contributed by atoms with E-state index in [1.54, 1.807) is 19.2 Å². The van der Waals surface area contributed by atoms with Gasteiger partial charge < -0.3 is 14.8 Å². The molecule has 0 aromatic heterocycles. The summed E-state index contributed by atoms with van der Waals surface area (Å²) < 4.78 is 24.3. The Morgan fingerprint density at radius 3 is 2.57 bits per heavy atom. The van der Waals surface area contributed by atoms with Gasteiger partial charge in [-0.2, -0.15) is 0 Å². The number of halogens is 1. The van der Waals surface area contributed by atoms with Gasteiger partial charge in [0.25, 0.3) is 0 Å². The number of ether oxygens (including phenoxy) is 2. The summed E-state index contributed by atoms with van der Waals surface area (Å²) in [5, 5.41) is 3.23. The van der Waals surface area contributed by atoms with Crippen LogP contribution in [0.2, 0.25) is 0 Å². The standard InChI is InChI=1S/C17H20FNO2/c1-3-21-17-10-13(8-9-16(17)20-2)11-19-12-14-6-4-5-7-15(14)18/h4-10,19H,3,11-12H2,1-2H3. The molecule has 0 radical (unpaired) electrons. The summed E-state index contributed by atoms with van der Waals surface area (Å²) in [6.45, 7) is 3.64. The Labute approximate surface area is 124 Å². The van der Waals surface area contributed by atoms with Crippen LogP contribution in [-0.4, -0.2) is 13.7 Å². The van der Waals surface area contributed by atoms with Crippen LogP contribution in [0.25, 0.3) is 0 Å². The van der Waals surface area contributed by atoms with Crippen LogP contribution in [-0.2, 0) is 13.1 Å². The van der Waals surface area contributed by atoms with Gasteiger partial charge in [0.05, 0.1) is 13.7 Å². The van der Waals surface area contributed by atoms with Gasteiger partial charge in [0, 0.05) is 18.7 Å². The second kappa shape index (κ2) is 7.64. The van der Waals surface area contributed by atoms with Crippen molar-refractivity contribution in [2.24, 2.45) is 0 Å². The zero-order valence-corrected chi connectivity index (χ0v) is 12.4. The molecule has 0 bridgehead atoms. The lowest BCUT2D eigenvalue weighted by molar-refractivity contribution is 0.310. The molecule has 0 heterocycles. The van der Waals surface area contributed by atoms with E-state index in [1.807, 2.05) is 31.2 Å². The molecule has 0 aliphatic rings. The average molecular weight is 289 g/mol. The van der Waals surface area contributed by atoms with Crippen LogP contribution >= 0.6 is 0 Å². The molecule has 2 rings (SSSR count). The average Bonchev–Trinajstić information content (AvgIpc) is 2.50. The fourth-order valence-corrected chi connectivity index (χ4v) is 2.08. The minimum absolute atomic E-state index is 0.185. The lowest BCUT2D eigenvalue weighted by Crippen LogP contribution is -2.13. The fourth-order valence-electron chi connectivity index (χ4n) is 2.08. The number of hydrogen-bond donors (Lipinski definition) is 1. The molecule has 2 aromatic carbocycles. The zero-order chi connectivity index (χ0) is 15.1. The first-order valence-corrected chi connectivity index (χ1v) is 6.98. The van der Waals surface area contributed by atoms with E-state index in [0.29, 0.717) is 25.3 Å². The van der Waals surface area contributed by atoms with E-state index >= 15 is 0 Å². The Kier molecular flexibility index (Phi) is 5.58. The van der Waals surface area contributed by atoms with Gasteiger partial charge in [0.1, 0.15) is 5.82 Å². The van der Waals surface area contributed by atoms with E-state index in [2.05, 4.69) is 5.32 Å². The van der Waals surface area contributed by atoms with Gasteiger partial charge in [-0.1, -0.05) is 24.3 Å². The van der Waals surface area contributed by atoms with Gasteiger partial charge in [-0.3, -0.25) is 0 Å². The summed E-state index contributed by atoms with van der Waals surface area (Å²) in [4.78, 5) is 0. The van der Waals surface area contributed by atoms with Crippen molar-refractivity contribution in [3.8, 4) is 11.5 Å². The molecular weight excluding hydrogens is 269 g/mol. The predicted octanol–water partition coefficient (Wildman–Crippen LogP) is 3.52. The van der Waals surface area contributed by atoms with Crippen molar-refractivity contribution in [3.05, 3.63) is 59.4 Å². The van der Waals surface area contributed by atoms with E-state index in [-0.39, 0.29) is 5.82 Å². The van der Waals surface area contributed by atoms with Crippen LogP contribution in [0.15, 0.2) is 42.5 Å². The molecule has 0 unspecified atom stereocenters. The van der Waals surface area contributed by atoms with E-state index < -0.39 is 0 Å². The van der Waals surface area contributed by atoms with Gasteiger partial charge in [0.2, 0.25) is 0 Å². The van der Waals surface area contributed by atoms with Gasteiger partial charge in [-0.05, 0) is 30.7 Å². The lowest BCUT2D eigenvalue weighted by atomic mass is 10.1. The summed E-state index contributed by atoms with van der Waals surface area (Å²) in [5.41, 5.74) is 1.73. The van der Waals surface area contributed by atoms with Crippen molar-refractivity contribution in [2.75, 3.05) is 13.7 Å². The molecule has 3 nitrogen and oxygen atoms in total. The quantitative estimate of drug-likeness (QED) is 0.846. The molecule has 4 heteroatoms. The van der Waals surface area contributed by atoms with Crippen molar-refractivity contribution >= 4 is 0 Å². The summed E-state index contributed by atoms with van der Waals surface area (Å²) in [6.07, 6.45) is 0. The second-order valence-electron chi connectivity index (χ2n) is 4.61. The first-order chi connectivity index (χ1) is 10.2. The molecule has 0 spiro atoms. The molecule has 1 N–H and O–H groups in total. The predicted molar refractivity (Wildman–Crippen MR) is 81.1 cm³/mol. The normalized spacial score (nSPS) is 10.4. The van der Waals surface area contributed by atoms with E-state index in [9.17, 15) is 4.39 Å². The molecule has 0 aliphatic heterocycles. The van der Waals surface area contributed by atoms with Crippen molar-refractivity contribution < 1.29 is 13.9 Å². The van der Waals surface area contributed by atoms with Gasteiger partial charge in [-0.25, -0.2) is 4.39 Å². The first kappa shape index (κ1) is 15.3. The Morgan fingerprint density at radius 1 is 1.05 bits per heavy atom. The number of benzene rings is 2. The summed E-state index contributed by atoms with van der Waals surface area (Å²) in [6, 6.07) is 12.6. The maximum atomic E-state index is 13.5. The minimum Gasteiger partial charge on any atom is -0.493 e. The van der Waals surface area contributed by atoms with Crippen molar-refractivity contribution in [2.45, 2.75) is 20.0 Å². The van der Waals surface area contributed by atoms with Crippen LogP contribution in [0.4, 0.5) is 4.39 Å². The molecule has 0 atom stereocenters. The summed E-state index contributed by atoms with van der Waals surface area (Å²) in [7, 11) is 1.62. The molecule has 0 aliphatic carbocycles. The molecule has 0 saturated heterocycles. The molecule has 21 heavy (non-hydrogen) atoms. The third-order valence-electron chi connectivity index (χ3n) is 3.13. The first-order valence-electron chi connectivity index (χ1n) is 6.98. The maximum Gasteiger partial charge on any atom is 0.161 e. The molecule has 0 fully saturated rings. The summed E-state index contributed by atoms with van der Waals surface area (Å²) in [5.74, 6) is 1.26. The summed E-state index contributed by atoms with van der Waals surface area (Å²) >= 11 is 0. The monoisotopic (exact) mass is 289 g/mol. The highest BCUT2D eigenvalue weighted by atomic mass is 19.1. The maximum absolute atomic E-state index is 13.5. The fraction of sp³-hybridized carbons (Fsp3) is 0.294. The number of nitrogens with one attached hydrogen (secondary N) is 1. The van der Waals surface area contributed by atoms with Crippen LogP contribution in [0.5, 0.6) is 11.5 Å². The van der Waals surface area contributed by atoms with Gasteiger partial charge in [-0.15, -0.1) is 0 Å². The molecule has 112 valence electrons. The Hall–Kier alpha value is -2.07. The topological polar surface area (TPSA) is 30.5 Å². The third-order valence-corrected chi connectivity index (χ3v) is 3.13. The number of hydrogen-bond acceptors (Lipinski definition) is 3. The van der Waals surface area contributed by atoms with E-state index in [0.717, 1.165) is 17.1 Å². The highest BCUT2D eigenvalue weighted by molar-refractivity contribution is 5.42. The lowest BCUT2D eigenvalue weighted by Gasteiger charge is -2.12. The minimum atomic E-state index is -0.185. The van der Waals surface area contributed by atoms with Gasteiger partial charge in [0.15, 0.2) is 11.5 Å². The Bertz CT molecular complexity index is 587. The smallest absolute Gasteiger partial charge is 0.161 e. The van der Waals surface area contributed by atoms with Crippen LogP contribution in [0.1, 0.15) is 18.1 Å². The van der Waals surface area contributed by atoms with Crippen molar-refractivity contribution in [1.29, 1.82) is 0 Å². The molecule has 0 amide bonds. The van der Waals surface area contributed by atoms with E-state index in [1.165, 1.54) is 6.07 Å². The van der Waals surface area contributed by atoms with E-state index in [4.69, 9.17) is 9.47 Å². The van der Waals surface area contributed by atoms with Crippen LogP contribution < -0.4 is 14.8 Å². The number of methoxy groups -OCH3 is 1. The third kappa shape index (κ3) is 4.20. The SMILES string of the molecule is CCOc1cc(CNCc2ccccc2F)ccc1OC. The second-order valence-corrected chi connectivity index (χ2v) is 4.61.